The van der Waals surface area contributed by atoms with Crippen LogP contribution in [-0.2, 0) is 19.4 Å². The fraction of sp³-hybridized carbons (Fsp3) is 0.538. The zero-order valence-corrected chi connectivity index (χ0v) is 14.4. The summed E-state index contributed by atoms with van der Waals surface area (Å²) >= 11 is 5.31. The molecule has 0 spiro atoms. The summed E-state index contributed by atoms with van der Waals surface area (Å²) < 4.78 is 3.15. The van der Waals surface area contributed by atoms with E-state index in [0.717, 1.165) is 35.2 Å². The topological polar surface area (TPSA) is 68.8 Å². The summed E-state index contributed by atoms with van der Waals surface area (Å²) in [5, 5.41) is 4.63. The molecule has 0 fully saturated rings. The summed E-state index contributed by atoms with van der Waals surface area (Å²) in [5.74, 6) is 5.75. The molecule has 0 aliphatic heterocycles. The maximum absolute atomic E-state index is 5.75. The number of hydrazine groups is 1. The third-order valence-corrected chi connectivity index (χ3v) is 5.35. The van der Waals surface area contributed by atoms with Gasteiger partial charge >= 0.3 is 0 Å². The minimum Gasteiger partial charge on any atom is -0.271 e. The summed E-state index contributed by atoms with van der Waals surface area (Å²) in [4.78, 5) is 5.48. The molecular weight excluding hydrogens is 338 g/mol. The van der Waals surface area contributed by atoms with E-state index in [4.69, 9.17) is 5.84 Å². The van der Waals surface area contributed by atoms with Gasteiger partial charge in [0.15, 0.2) is 0 Å². The van der Waals surface area contributed by atoms with E-state index >= 15 is 0 Å². The van der Waals surface area contributed by atoms with Crippen LogP contribution in [0, 0.1) is 6.92 Å². The first-order valence-corrected chi connectivity index (χ1v) is 8.39. The van der Waals surface area contributed by atoms with Crippen LogP contribution in [-0.4, -0.2) is 14.8 Å². The van der Waals surface area contributed by atoms with Crippen LogP contribution < -0.4 is 11.3 Å². The number of hydrogen-bond donors (Lipinski definition) is 2. The van der Waals surface area contributed by atoms with E-state index in [2.05, 4.69) is 45.3 Å². The number of nitrogens with one attached hydrogen (secondary N) is 1. The highest BCUT2D eigenvalue weighted by atomic mass is 79.9. The van der Waals surface area contributed by atoms with Crippen LogP contribution >= 0.6 is 27.3 Å². The Kier molecular flexibility index (Phi) is 5.31. The number of thiazole rings is 1. The minimum absolute atomic E-state index is 0.0607. The predicted molar refractivity (Wildman–Crippen MR) is 85.6 cm³/mol. The zero-order chi connectivity index (χ0) is 14.7. The number of aryl methyl sites for hydroxylation is 3. The van der Waals surface area contributed by atoms with Crippen molar-refractivity contribution in [2.24, 2.45) is 5.84 Å². The van der Waals surface area contributed by atoms with Gasteiger partial charge in [-0.25, -0.2) is 4.98 Å². The maximum Gasteiger partial charge on any atom is 0.0798 e. The fourth-order valence-electron chi connectivity index (χ4n) is 2.28. The van der Waals surface area contributed by atoms with E-state index in [1.807, 2.05) is 17.1 Å². The van der Waals surface area contributed by atoms with Crippen LogP contribution in [0.1, 0.15) is 41.8 Å². The van der Waals surface area contributed by atoms with Gasteiger partial charge < -0.3 is 0 Å². The van der Waals surface area contributed by atoms with Crippen molar-refractivity contribution in [3.05, 3.63) is 31.9 Å². The minimum atomic E-state index is 0.0607. The first-order valence-electron chi connectivity index (χ1n) is 6.72. The molecule has 0 radical (unpaired) electrons. The molecule has 1 unspecified atom stereocenters. The third-order valence-electron chi connectivity index (χ3n) is 3.39. The van der Waals surface area contributed by atoms with Crippen LogP contribution in [0.25, 0.3) is 0 Å². The summed E-state index contributed by atoms with van der Waals surface area (Å²) in [7, 11) is 0. The van der Waals surface area contributed by atoms with Gasteiger partial charge in [-0.3, -0.25) is 16.0 Å². The van der Waals surface area contributed by atoms with Crippen molar-refractivity contribution in [2.45, 2.75) is 46.2 Å². The van der Waals surface area contributed by atoms with Gasteiger partial charge in [-0.15, -0.1) is 11.3 Å². The smallest absolute Gasteiger partial charge is 0.0798 e. The van der Waals surface area contributed by atoms with Crippen molar-refractivity contribution in [3.63, 3.8) is 0 Å². The maximum atomic E-state index is 5.75. The Morgan fingerprint density at radius 1 is 1.50 bits per heavy atom. The van der Waals surface area contributed by atoms with Gasteiger partial charge in [-0.2, -0.15) is 5.10 Å². The molecule has 0 aromatic carbocycles. The van der Waals surface area contributed by atoms with Crippen LogP contribution in [0.4, 0.5) is 0 Å². The average molecular weight is 358 g/mol. The zero-order valence-electron chi connectivity index (χ0n) is 12.0. The molecule has 1 atom stereocenters. The molecule has 2 aromatic rings. The summed E-state index contributed by atoms with van der Waals surface area (Å²) in [6.07, 6.45) is 1.71. The molecule has 0 saturated carbocycles. The van der Waals surface area contributed by atoms with Crippen LogP contribution in [0.2, 0.25) is 0 Å². The predicted octanol–water partition coefficient (Wildman–Crippen LogP) is 2.74. The SMILES string of the molecule is CCc1nn(CC)c(CC(NN)c2scnc2C)c1Br. The number of nitrogens with two attached hydrogens (primary N) is 1. The molecule has 7 heteroatoms. The number of nitrogens with zero attached hydrogens (tertiary/aromatic N) is 3. The van der Waals surface area contributed by atoms with Crippen LogP contribution in [0.3, 0.4) is 0 Å². The molecule has 2 rings (SSSR count). The van der Waals surface area contributed by atoms with Crippen molar-refractivity contribution in [1.82, 2.24) is 20.2 Å². The van der Waals surface area contributed by atoms with Crippen molar-refractivity contribution in [3.8, 4) is 0 Å². The Morgan fingerprint density at radius 2 is 2.25 bits per heavy atom. The Morgan fingerprint density at radius 3 is 2.75 bits per heavy atom. The van der Waals surface area contributed by atoms with Gasteiger partial charge in [0.25, 0.3) is 0 Å². The lowest BCUT2D eigenvalue weighted by Gasteiger charge is -2.16. The van der Waals surface area contributed by atoms with Gasteiger partial charge in [0.1, 0.15) is 0 Å². The van der Waals surface area contributed by atoms with Crippen molar-refractivity contribution in [1.29, 1.82) is 0 Å². The standard InChI is InChI=1S/C13H20BrN5S/c1-4-9-12(14)11(19(5-2)18-9)6-10(17-15)13-8(3)16-7-20-13/h7,10,17H,4-6,15H2,1-3H3. The van der Waals surface area contributed by atoms with E-state index in [1.54, 1.807) is 11.3 Å². The summed E-state index contributed by atoms with van der Waals surface area (Å²) in [6, 6.07) is 0.0607. The number of rotatable bonds is 6. The van der Waals surface area contributed by atoms with Crippen molar-refractivity contribution < 1.29 is 0 Å². The van der Waals surface area contributed by atoms with Gasteiger partial charge in [-0.1, -0.05) is 6.92 Å². The molecule has 2 aromatic heterocycles. The Balaban J connectivity index is 2.32. The Hall–Kier alpha value is -0.760. The first kappa shape index (κ1) is 15.6. The van der Waals surface area contributed by atoms with Gasteiger partial charge in [0.05, 0.1) is 33.1 Å². The molecule has 0 aliphatic rings. The molecule has 3 N–H and O–H groups in total. The summed E-state index contributed by atoms with van der Waals surface area (Å²) in [5.41, 5.74) is 8.08. The van der Waals surface area contributed by atoms with Crippen molar-refractivity contribution >= 4 is 27.3 Å². The van der Waals surface area contributed by atoms with Crippen LogP contribution in [0.5, 0.6) is 0 Å². The van der Waals surface area contributed by atoms with Gasteiger partial charge in [-0.05, 0) is 36.2 Å². The number of halogens is 1. The number of aromatic nitrogens is 3. The first-order chi connectivity index (χ1) is 9.62. The molecule has 0 bridgehead atoms. The highest BCUT2D eigenvalue weighted by molar-refractivity contribution is 9.10. The second-order valence-electron chi connectivity index (χ2n) is 4.60. The van der Waals surface area contributed by atoms with Gasteiger partial charge in [0, 0.05) is 17.8 Å². The molecule has 0 amide bonds. The lowest BCUT2D eigenvalue weighted by molar-refractivity contribution is 0.519. The van der Waals surface area contributed by atoms with E-state index < -0.39 is 0 Å². The summed E-state index contributed by atoms with van der Waals surface area (Å²) in [6.45, 7) is 7.08. The fourth-order valence-corrected chi connectivity index (χ4v) is 3.87. The molecule has 2 heterocycles. The quantitative estimate of drug-likeness (QED) is 0.615. The Bertz CT molecular complexity index is 577. The Labute approximate surface area is 131 Å². The number of hydrogen-bond acceptors (Lipinski definition) is 5. The lowest BCUT2D eigenvalue weighted by atomic mass is 10.1. The normalized spacial score (nSPS) is 12.8. The monoisotopic (exact) mass is 357 g/mol. The van der Waals surface area contributed by atoms with Gasteiger partial charge in [0.2, 0.25) is 0 Å². The van der Waals surface area contributed by atoms with Crippen LogP contribution in [0.15, 0.2) is 9.98 Å². The lowest BCUT2D eigenvalue weighted by Crippen LogP contribution is -2.30. The van der Waals surface area contributed by atoms with E-state index in [-0.39, 0.29) is 6.04 Å². The molecule has 0 aliphatic carbocycles. The second-order valence-corrected chi connectivity index (χ2v) is 6.28. The van der Waals surface area contributed by atoms with Crippen molar-refractivity contribution in [2.75, 3.05) is 0 Å². The van der Waals surface area contributed by atoms with E-state index in [1.165, 1.54) is 10.6 Å². The van der Waals surface area contributed by atoms with E-state index in [9.17, 15) is 0 Å². The molecular formula is C13H20BrN5S. The second kappa shape index (κ2) is 6.80. The molecule has 5 nitrogen and oxygen atoms in total. The molecule has 20 heavy (non-hydrogen) atoms. The third kappa shape index (κ3) is 2.95. The molecule has 110 valence electrons. The molecule has 0 saturated heterocycles. The highest BCUT2D eigenvalue weighted by Gasteiger charge is 2.21. The highest BCUT2D eigenvalue weighted by Crippen LogP contribution is 2.29. The largest absolute Gasteiger partial charge is 0.271 e. The van der Waals surface area contributed by atoms with E-state index in [0.29, 0.717) is 0 Å². The average Bonchev–Trinajstić information content (AvgIpc) is 3.00.